The molecule has 0 bridgehead atoms. The predicted octanol–water partition coefficient (Wildman–Crippen LogP) is 5.51. The molecular weight excluding hydrogens is 707 g/mol. The van der Waals surface area contributed by atoms with Crippen molar-refractivity contribution in [2.24, 2.45) is 7.05 Å². The Morgan fingerprint density at radius 1 is 1.14 bits per heavy atom. The highest BCUT2D eigenvalue weighted by molar-refractivity contribution is 14.3. The molecule has 0 fully saturated rings. The monoisotopic (exact) mass is 720 g/mol. The van der Waals surface area contributed by atoms with Crippen LogP contribution < -0.4 is 5.32 Å². The Morgan fingerprint density at radius 2 is 1.89 bits per heavy atom. The molecule has 3 aromatic rings. The van der Waals surface area contributed by atoms with E-state index < -0.39 is 11.6 Å². The van der Waals surface area contributed by atoms with Gasteiger partial charge in [-0.3, -0.25) is 4.79 Å². The summed E-state index contributed by atoms with van der Waals surface area (Å²) in [7, 11) is 1.89. The van der Waals surface area contributed by atoms with Crippen molar-refractivity contribution in [1.29, 1.82) is 0 Å². The lowest BCUT2D eigenvalue weighted by molar-refractivity contribution is 0.0765. The topological polar surface area (TPSA) is 50.2 Å². The van der Waals surface area contributed by atoms with E-state index in [2.05, 4.69) is 78.1 Å². The van der Waals surface area contributed by atoms with Crippen LogP contribution in [0.15, 0.2) is 30.3 Å². The SMILES string of the molecule is Cn1c2c(c3ccc(Nc4ccc(F)c(F)c4)nc31)C(=O)N(C(I)(I)I)CC2. The quantitative estimate of drug-likeness (QED) is 0.221. The Balaban J connectivity index is 1.75. The molecule has 0 spiro atoms. The lowest BCUT2D eigenvalue weighted by Gasteiger charge is -2.34. The van der Waals surface area contributed by atoms with E-state index in [9.17, 15) is 13.6 Å². The third kappa shape index (κ3) is 3.59. The van der Waals surface area contributed by atoms with E-state index in [0.29, 0.717) is 29.3 Å². The number of amides is 1. The van der Waals surface area contributed by atoms with Crippen molar-refractivity contribution in [2.45, 2.75) is 5.98 Å². The number of alkyl halides is 3. The Hall–Kier alpha value is -0.770. The number of halogens is 5. The summed E-state index contributed by atoms with van der Waals surface area (Å²) in [5.41, 5.74) is 2.72. The summed E-state index contributed by atoms with van der Waals surface area (Å²) in [5, 5.41) is 3.77. The molecule has 0 saturated heterocycles. The van der Waals surface area contributed by atoms with Crippen molar-refractivity contribution in [3.05, 3.63) is 53.2 Å². The summed E-state index contributed by atoms with van der Waals surface area (Å²) < 4.78 is 28.2. The van der Waals surface area contributed by atoms with Gasteiger partial charge in [0.25, 0.3) is 5.91 Å². The summed E-state index contributed by atoms with van der Waals surface area (Å²) in [4.78, 5) is 19.6. The van der Waals surface area contributed by atoms with Gasteiger partial charge in [-0.2, -0.15) is 0 Å². The van der Waals surface area contributed by atoms with Crippen LogP contribution in [0.1, 0.15) is 16.1 Å². The normalized spacial score (nSPS) is 14.5. The van der Waals surface area contributed by atoms with Gasteiger partial charge in [0.2, 0.25) is 0 Å². The van der Waals surface area contributed by atoms with Crippen molar-refractivity contribution < 1.29 is 13.6 Å². The fourth-order valence-electron chi connectivity index (χ4n) is 3.37. The van der Waals surface area contributed by atoms with Gasteiger partial charge in [-0.05, 0) is 92.0 Å². The zero-order valence-electron chi connectivity index (χ0n) is 14.4. The zero-order valence-corrected chi connectivity index (χ0v) is 20.9. The summed E-state index contributed by atoms with van der Waals surface area (Å²) >= 11 is 6.76. The summed E-state index contributed by atoms with van der Waals surface area (Å²) in [6, 6.07) is 7.18. The average molecular weight is 720 g/mol. The Labute approximate surface area is 200 Å². The number of anilines is 2. The number of fused-ring (bicyclic) bond motifs is 3. The molecule has 5 nitrogen and oxygen atoms in total. The van der Waals surface area contributed by atoms with Crippen LogP contribution in [0.25, 0.3) is 11.0 Å². The average Bonchev–Trinajstić information content (AvgIpc) is 2.91. The second-order valence-electron chi connectivity index (χ2n) is 6.38. The second kappa shape index (κ2) is 7.49. The number of aromatic nitrogens is 2. The van der Waals surface area contributed by atoms with Crippen LogP contribution in [0.3, 0.4) is 0 Å². The summed E-state index contributed by atoms with van der Waals surface area (Å²) in [6.45, 7) is 0.644. The van der Waals surface area contributed by atoms with Crippen molar-refractivity contribution >= 4 is 96.2 Å². The molecule has 0 aliphatic carbocycles. The van der Waals surface area contributed by atoms with E-state index in [4.69, 9.17) is 0 Å². The smallest absolute Gasteiger partial charge is 0.258 e. The van der Waals surface area contributed by atoms with E-state index in [1.807, 2.05) is 22.6 Å². The Bertz CT molecular complexity index is 1110. The van der Waals surface area contributed by atoms with E-state index >= 15 is 0 Å². The Morgan fingerprint density at radius 3 is 2.57 bits per heavy atom. The van der Waals surface area contributed by atoms with E-state index in [1.165, 1.54) is 6.07 Å². The van der Waals surface area contributed by atoms with Crippen LogP contribution >= 0.6 is 67.8 Å². The van der Waals surface area contributed by atoms with Crippen molar-refractivity contribution in [3.8, 4) is 0 Å². The minimum atomic E-state index is -0.925. The van der Waals surface area contributed by atoms with Gasteiger partial charge in [0, 0.05) is 42.8 Å². The van der Waals surface area contributed by atoms with Gasteiger partial charge in [-0.1, -0.05) is 0 Å². The fraction of sp³-hybridized carbons (Fsp3) is 0.222. The number of nitrogens with one attached hydrogen (secondary N) is 1. The van der Waals surface area contributed by atoms with Gasteiger partial charge in [-0.25, -0.2) is 13.8 Å². The lowest BCUT2D eigenvalue weighted by atomic mass is 10.0. The second-order valence-corrected chi connectivity index (χ2v) is 17.3. The maximum atomic E-state index is 13.4. The molecule has 3 heterocycles. The first-order valence-corrected chi connectivity index (χ1v) is 11.5. The van der Waals surface area contributed by atoms with Gasteiger partial charge < -0.3 is 14.8 Å². The molecule has 0 unspecified atom stereocenters. The first-order chi connectivity index (χ1) is 13.2. The minimum Gasteiger partial charge on any atom is -0.340 e. The molecule has 0 radical (unpaired) electrons. The molecule has 1 amide bonds. The molecule has 0 atom stereocenters. The van der Waals surface area contributed by atoms with Crippen LogP contribution in [0.5, 0.6) is 0 Å². The molecule has 146 valence electrons. The number of carbonyl (C=O) groups is 1. The van der Waals surface area contributed by atoms with Gasteiger partial charge in [0.1, 0.15) is 11.5 Å². The number of rotatable bonds is 3. The van der Waals surface area contributed by atoms with Gasteiger partial charge in [-0.15, -0.1) is 0 Å². The van der Waals surface area contributed by atoms with E-state index in [0.717, 1.165) is 29.6 Å². The Kier molecular flexibility index (Phi) is 5.48. The van der Waals surface area contributed by atoms with Crippen LogP contribution in [0.4, 0.5) is 20.3 Å². The van der Waals surface area contributed by atoms with Crippen LogP contribution in [0.2, 0.25) is 0 Å². The fourth-order valence-corrected chi connectivity index (χ4v) is 4.75. The molecule has 28 heavy (non-hydrogen) atoms. The summed E-state index contributed by atoms with van der Waals surface area (Å²) in [5.74, 6) is -1.34. The number of nitrogens with zero attached hydrogens (tertiary/aromatic N) is 3. The molecule has 1 aliphatic heterocycles. The molecule has 1 aliphatic rings. The van der Waals surface area contributed by atoms with Crippen molar-refractivity contribution in [3.63, 3.8) is 0 Å². The van der Waals surface area contributed by atoms with Gasteiger partial charge in [0.05, 0.1) is 5.56 Å². The number of hydrogen-bond donors (Lipinski definition) is 1. The molecule has 10 heteroatoms. The molecule has 2 aromatic heterocycles. The van der Waals surface area contributed by atoms with Gasteiger partial charge in [0.15, 0.2) is 11.2 Å². The summed E-state index contributed by atoms with van der Waals surface area (Å²) in [6.07, 6.45) is 0.747. The molecule has 4 rings (SSSR count). The lowest BCUT2D eigenvalue weighted by Crippen LogP contribution is -2.44. The van der Waals surface area contributed by atoms with Crippen LogP contribution in [0, 0.1) is 11.6 Å². The highest BCUT2D eigenvalue weighted by atomic mass is 127. The molecule has 1 aromatic carbocycles. The zero-order chi connectivity index (χ0) is 20.2. The highest BCUT2D eigenvalue weighted by Crippen LogP contribution is 2.43. The maximum Gasteiger partial charge on any atom is 0.258 e. The van der Waals surface area contributed by atoms with Crippen LogP contribution in [-0.4, -0.2) is 26.5 Å². The van der Waals surface area contributed by atoms with Crippen molar-refractivity contribution in [1.82, 2.24) is 14.5 Å². The van der Waals surface area contributed by atoms with Crippen molar-refractivity contribution in [2.75, 3.05) is 11.9 Å². The number of benzene rings is 1. The maximum absolute atomic E-state index is 13.4. The van der Waals surface area contributed by atoms with Crippen LogP contribution in [-0.2, 0) is 13.5 Å². The highest BCUT2D eigenvalue weighted by Gasteiger charge is 2.38. The number of pyridine rings is 1. The third-order valence-electron chi connectivity index (χ3n) is 4.68. The molecular formula is C18H13F2I3N4O. The first-order valence-electron chi connectivity index (χ1n) is 8.26. The van der Waals surface area contributed by atoms with E-state index in [-0.39, 0.29) is 5.47 Å². The third-order valence-corrected chi connectivity index (χ3v) is 6.43. The number of aryl methyl sites for hydroxylation is 1. The molecule has 0 saturated carbocycles. The number of carbonyl (C=O) groups excluding carboxylic acids is 1. The standard InChI is InChI=1S/C18H13F2I3N4O/c1-26-13-6-7-27(18(21,22)23)17(28)15(13)10-3-5-14(25-16(10)26)24-9-2-4-11(19)12(20)8-9/h2-5,8H,6-7H2,1H3,(H,24,25). The number of hydrogen-bond acceptors (Lipinski definition) is 3. The largest absolute Gasteiger partial charge is 0.340 e. The minimum absolute atomic E-state index is 0.00633. The predicted molar refractivity (Wildman–Crippen MR) is 130 cm³/mol. The van der Waals surface area contributed by atoms with Gasteiger partial charge >= 0.3 is 0 Å². The first kappa shape index (κ1) is 20.5. The van der Waals surface area contributed by atoms with E-state index in [1.54, 1.807) is 6.07 Å². The molecule has 1 N–H and O–H groups in total.